The molecule has 1 aromatic rings. The van der Waals surface area contributed by atoms with E-state index in [2.05, 4.69) is 5.32 Å². The zero-order chi connectivity index (χ0) is 17.3. The largest absolute Gasteiger partial charge is 0.394 e. The predicted molar refractivity (Wildman–Crippen MR) is 78.7 cm³/mol. The first-order valence-electron chi connectivity index (χ1n) is 7.34. The van der Waals surface area contributed by atoms with Gasteiger partial charge in [-0.15, -0.1) is 0 Å². The number of carbonyl (C=O) groups excluding carboxylic acids is 2. The molecule has 0 radical (unpaired) electrons. The third kappa shape index (κ3) is 3.65. The molecule has 1 atom stereocenters. The van der Waals surface area contributed by atoms with Crippen LogP contribution in [0.1, 0.15) is 30.6 Å². The second-order valence-corrected chi connectivity index (χ2v) is 6.13. The van der Waals surface area contributed by atoms with Gasteiger partial charge in [-0.1, -0.05) is 18.2 Å². The van der Waals surface area contributed by atoms with Crippen LogP contribution in [0.2, 0.25) is 0 Å². The van der Waals surface area contributed by atoms with Crippen molar-refractivity contribution in [1.29, 1.82) is 0 Å². The molecule has 0 saturated carbocycles. The zero-order valence-corrected chi connectivity index (χ0v) is 13.0. The average molecular weight is 328 g/mol. The van der Waals surface area contributed by atoms with Crippen molar-refractivity contribution in [1.82, 2.24) is 10.2 Å². The van der Waals surface area contributed by atoms with Gasteiger partial charge in [-0.2, -0.15) is 13.2 Å². The van der Waals surface area contributed by atoms with Gasteiger partial charge in [0.2, 0.25) is 5.91 Å². The fraction of sp³-hybridized carbons (Fsp3) is 0.500. The number of nitrogens with one attached hydrogen (secondary N) is 1. The van der Waals surface area contributed by atoms with Crippen LogP contribution in [-0.2, 0) is 4.79 Å². The minimum Gasteiger partial charge on any atom is -0.343 e. The van der Waals surface area contributed by atoms with Crippen LogP contribution in [0.3, 0.4) is 0 Å². The second-order valence-electron chi connectivity index (χ2n) is 6.13. The standard InChI is InChI=1S/C16H19F3N2O2/c1-15(2)12(16(17,18)19)8-9-21(15)13(22)10-20-14(23)11-6-4-3-5-7-11/h3-7,12H,8-10H2,1-2H3,(H,20,23)/t12-/m0/s1. The molecule has 1 aliphatic heterocycles. The molecule has 126 valence electrons. The number of benzene rings is 1. The van der Waals surface area contributed by atoms with Crippen molar-refractivity contribution >= 4 is 11.8 Å². The Bertz CT molecular complexity index is 585. The lowest BCUT2D eigenvalue weighted by atomic mass is 9.88. The maximum Gasteiger partial charge on any atom is 0.394 e. The molecule has 1 saturated heterocycles. The lowest BCUT2D eigenvalue weighted by Gasteiger charge is -2.36. The molecule has 1 aromatic carbocycles. The number of hydrogen-bond acceptors (Lipinski definition) is 2. The highest BCUT2D eigenvalue weighted by Crippen LogP contribution is 2.44. The molecule has 1 fully saturated rings. The number of halogens is 3. The van der Waals surface area contributed by atoms with E-state index < -0.39 is 29.4 Å². The molecule has 23 heavy (non-hydrogen) atoms. The van der Waals surface area contributed by atoms with Crippen LogP contribution in [0, 0.1) is 5.92 Å². The first-order valence-corrected chi connectivity index (χ1v) is 7.34. The number of likely N-dealkylation sites (tertiary alicyclic amines) is 1. The molecule has 1 heterocycles. The molecular weight excluding hydrogens is 309 g/mol. The number of nitrogens with zero attached hydrogens (tertiary/aromatic N) is 1. The highest BCUT2D eigenvalue weighted by Gasteiger charge is 2.56. The van der Waals surface area contributed by atoms with E-state index in [0.29, 0.717) is 5.56 Å². The van der Waals surface area contributed by atoms with Crippen LogP contribution >= 0.6 is 0 Å². The van der Waals surface area contributed by atoms with E-state index in [0.717, 1.165) is 0 Å². The Kier molecular flexibility index (Phi) is 4.68. The van der Waals surface area contributed by atoms with E-state index in [-0.39, 0.29) is 19.5 Å². The Morgan fingerprint density at radius 1 is 1.26 bits per heavy atom. The molecule has 0 aromatic heterocycles. The number of carbonyl (C=O) groups is 2. The van der Waals surface area contributed by atoms with Crippen molar-refractivity contribution in [3.8, 4) is 0 Å². The molecule has 1 aliphatic rings. The van der Waals surface area contributed by atoms with Crippen LogP contribution in [0.25, 0.3) is 0 Å². The minimum absolute atomic E-state index is 0.0389. The van der Waals surface area contributed by atoms with Gasteiger partial charge in [-0.05, 0) is 32.4 Å². The lowest BCUT2D eigenvalue weighted by molar-refractivity contribution is -0.192. The normalized spacial score (nSPS) is 20.4. The maximum absolute atomic E-state index is 13.0. The molecule has 0 aliphatic carbocycles. The van der Waals surface area contributed by atoms with E-state index in [9.17, 15) is 22.8 Å². The number of amides is 2. The summed E-state index contributed by atoms with van der Waals surface area (Å²) in [5.41, 5.74) is -0.915. The smallest absolute Gasteiger partial charge is 0.343 e. The van der Waals surface area contributed by atoms with Gasteiger partial charge in [0.15, 0.2) is 0 Å². The molecule has 4 nitrogen and oxygen atoms in total. The van der Waals surface area contributed by atoms with Crippen LogP contribution in [0.4, 0.5) is 13.2 Å². The van der Waals surface area contributed by atoms with Gasteiger partial charge < -0.3 is 10.2 Å². The van der Waals surface area contributed by atoms with Crippen LogP contribution in [0.5, 0.6) is 0 Å². The number of hydrogen-bond donors (Lipinski definition) is 1. The van der Waals surface area contributed by atoms with E-state index >= 15 is 0 Å². The highest BCUT2D eigenvalue weighted by atomic mass is 19.4. The first-order chi connectivity index (χ1) is 10.6. The Hall–Kier alpha value is -2.05. The summed E-state index contributed by atoms with van der Waals surface area (Å²) in [6.07, 6.45) is -4.46. The molecule has 2 amide bonds. The van der Waals surface area contributed by atoms with Crippen LogP contribution < -0.4 is 5.32 Å². The van der Waals surface area contributed by atoms with Gasteiger partial charge >= 0.3 is 6.18 Å². The fourth-order valence-corrected chi connectivity index (χ4v) is 3.04. The van der Waals surface area contributed by atoms with Gasteiger partial charge in [0.25, 0.3) is 5.91 Å². The van der Waals surface area contributed by atoms with Crippen molar-refractivity contribution in [3.63, 3.8) is 0 Å². The summed E-state index contributed by atoms with van der Waals surface area (Å²) in [6.45, 7) is 2.54. The number of rotatable bonds is 3. The molecular formula is C16H19F3N2O2. The summed E-state index contributed by atoms with van der Waals surface area (Å²) in [7, 11) is 0. The molecule has 7 heteroatoms. The summed E-state index contributed by atoms with van der Waals surface area (Å²) in [6, 6.07) is 8.33. The van der Waals surface area contributed by atoms with Gasteiger partial charge in [-0.25, -0.2) is 0 Å². The molecule has 0 unspecified atom stereocenters. The quantitative estimate of drug-likeness (QED) is 0.927. The zero-order valence-electron chi connectivity index (χ0n) is 13.0. The Morgan fingerprint density at radius 2 is 1.87 bits per heavy atom. The summed E-state index contributed by atoms with van der Waals surface area (Å²) in [5.74, 6) is -2.49. The van der Waals surface area contributed by atoms with Gasteiger partial charge in [0, 0.05) is 17.6 Å². The van der Waals surface area contributed by atoms with Crippen molar-refractivity contribution in [2.75, 3.05) is 13.1 Å². The van der Waals surface area contributed by atoms with Gasteiger partial charge in [-0.3, -0.25) is 9.59 Å². The van der Waals surface area contributed by atoms with Gasteiger partial charge in [0.05, 0.1) is 12.5 Å². The van der Waals surface area contributed by atoms with E-state index in [1.54, 1.807) is 30.3 Å². The van der Waals surface area contributed by atoms with Crippen molar-refractivity contribution in [2.45, 2.75) is 32.0 Å². The third-order valence-electron chi connectivity index (χ3n) is 4.32. The van der Waals surface area contributed by atoms with Crippen molar-refractivity contribution < 1.29 is 22.8 Å². The second kappa shape index (κ2) is 6.22. The Morgan fingerprint density at radius 3 is 2.39 bits per heavy atom. The Labute approximate surface area is 132 Å². The fourth-order valence-electron chi connectivity index (χ4n) is 3.04. The van der Waals surface area contributed by atoms with E-state index in [1.807, 2.05) is 0 Å². The average Bonchev–Trinajstić information content (AvgIpc) is 2.80. The van der Waals surface area contributed by atoms with E-state index in [1.165, 1.54) is 18.7 Å². The third-order valence-corrected chi connectivity index (χ3v) is 4.32. The topological polar surface area (TPSA) is 49.4 Å². The SMILES string of the molecule is CC1(C)[C@@H](C(F)(F)F)CCN1C(=O)CNC(=O)c1ccccc1. The molecule has 1 N–H and O–H groups in total. The summed E-state index contributed by atoms with van der Waals surface area (Å²) >= 11 is 0. The number of alkyl halides is 3. The Balaban J connectivity index is 1.98. The van der Waals surface area contributed by atoms with E-state index in [4.69, 9.17) is 0 Å². The monoisotopic (exact) mass is 328 g/mol. The van der Waals surface area contributed by atoms with Crippen molar-refractivity contribution in [2.24, 2.45) is 5.92 Å². The predicted octanol–water partition coefficient (Wildman–Crippen LogP) is 2.61. The van der Waals surface area contributed by atoms with Crippen molar-refractivity contribution in [3.05, 3.63) is 35.9 Å². The summed E-state index contributed by atoms with van der Waals surface area (Å²) in [5, 5.41) is 2.46. The van der Waals surface area contributed by atoms with Crippen LogP contribution in [-0.4, -0.2) is 41.5 Å². The molecule has 0 bridgehead atoms. The van der Waals surface area contributed by atoms with Crippen LogP contribution in [0.15, 0.2) is 30.3 Å². The summed E-state index contributed by atoms with van der Waals surface area (Å²) < 4.78 is 39.1. The van der Waals surface area contributed by atoms with Gasteiger partial charge in [0.1, 0.15) is 0 Å². The molecule has 0 spiro atoms. The maximum atomic E-state index is 13.0. The first kappa shape index (κ1) is 17.3. The minimum atomic E-state index is -4.34. The summed E-state index contributed by atoms with van der Waals surface area (Å²) in [4.78, 5) is 25.3. The molecule has 2 rings (SSSR count). The lowest BCUT2D eigenvalue weighted by Crippen LogP contribution is -2.52. The highest BCUT2D eigenvalue weighted by molar-refractivity contribution is 5.96.